The second-order valence-corrected chi connectivity index (χ2v) is 5.76. The molecule has 0 spiro atoms. The predicted octanol–water partition coefficient (Wildman–Crippen LogP) is 2.19. The van der Waals surface area contributed by atoms with Gasteiger partial charge in [0.05, 0.1) is 5.69 Å². The van der Waals surface area contributed by atoms with Crippen LogP contribution in [0, 0.1) is 5.92 Å². The Morgan fingerprint density at radius 2 is 2.42 bits per heavy atom. The lowest BCUT2D eigenvalue weighted by atomic mass is 9.98. The Kier molecular flexibility index (Phi) is 5.40. The van der Waals surface area contributed by atoms with Gasteiger partial charge in [-0.25, -0.2) is 0 Å². The zero-order valence-electron chi connectivity index (χ0n) is 12.6. The van der Waals surface area contributed by atoms with Gasteiger partial charge in [0.15, 0.2) is 0 Å². The highest BCUT2D eigenvalue weighted by Crippen LogP contribution is 2.22. The predicted molar refractivity (Wildman–Crippen MR) is 79.1 cm³/mol. The van der Waals surface area contributed by atoms with Crippen LogP contribution in [-0.4, -0.2) is 40.9 Å². The summed E-state index contributed by atoms with van der Waals surface area (Å²) in [7, 11) is 2.04. The molecule has 1 fully saturated rings. The van der Waals surface area contributed by atoms with Crippen LogP contribution in [0.4, 0.5) is 0 Å². The standard InChI is InChI=1S/C15H28N4/c1-4-10-19(12-14-6-5-8-16-11-14)13(2)15-7-9-17-18(15)3/h7,9,13-14,16H,4-6,8,10-12H2,1-3H3. The van der Waals surface area contributed by atoms with Crippen LogP contribution in [0.5, 0.6) is 0 Å². The number of piperidine rings is 1. The van der Waals surface area contributed by atoms with Gasteiger partial charge in [0, 0.05) is 25.8 Å². The van der Waals surface area contributed by atoms with E-state index in [4.69, 9.17) is 0 Å². The molecular weight excluding hydrogens is 236 g/mol. The summed E-state index contributed by atoms with van der Waals surface area (Å²) in [6.07, 6.45) is 5.80. The molecule has 0 radical (unpaired) electrons. The summed E-state index contributed by atoms with van der Waals surface area (Å²) in [5.74, 6) is 0.802. The van der Waals surface area contributed by atoms with Gasteiger partial charge in [0.2, 0.25) is 0 Å². The second-order valence-electron chi connectivity index (χ2n) is 5.76. The molecule has 1 aromatic rings. The van der Waals surface area contributed by atoms with E-state index in [1.807, 2.05) is 17.9 Å². The SMILES string of the molecule is CCCN(CC1CCCNC1)C(C)c1ccnn1C. The van der Waals surface area contributed by atoms with Gasteiger partial charge in [-0.2, -0.15) is 5.10 Å². The molecule has 0 bridgehead atoms. The van der Waals surface area contributed by atoms with E-state index in [-0.39, 0.29) is 0 Å². The van der Waals surface area contributed by atoms with Crippen LogP contribution in [-0.2, 0) is 7.05 Å². The van der Waals surface area contributed by atoms with E-state index in [2.05, 4.69) is 35.2 Å². The molecule has 2 heterocycles. The Labute approximate surface area is 117 Å². The summed E-state index contributed by atoms with van der Waals surface area (Å²) >= 11 is 0. The van der Waals surface area contributed by atoms with Crippen LogP contribution >= 0.6 is 0 Å². The minimum absolute atomic E-state index is 0.453. The molecule has 1 saturated heterocycles. The molecule has 4 heteroatoms. The summed E-state index contributed by atoms with van der Waals surface area (Å²) in [5.41, 5.74) is 1.32. The molecule has 1 N–H and O–H groups in total. The molecule has 1 aliphatic rings. The molecule has 1 aliphatic heterocycles. The maximum atomic E-state index is 4.30. The topological polar surface area (TPSA) is 33.1 Å². The minimum Gasteiger partial charge on any atom is -0.316 e. The normalized spacial score (nSPS) is 21.8. The maximum absolute atomic E-state index is 4.30. The molecule has 2 atom stereocenters. The van der Waals surface area contributed by atoms with E-state index in [0.717, 1.165) is 5.92 Å². The van der Waals surface area contributed by atoms with Crippen molar-refractivity contribution in [3.05, 3.63) is 18.0 Å². The zero-order valence-corrected chi connectivity index (χ0v) is 12.6. The number of hydrogen-bond donors (Lipinski definition) is 1. The molecular formula is C15H28N4. The van der Waals surface area contributed by atoms with Crippen molar-refractivity contribution in [3.8, 4) is 0 Å². The van der Waals surface area contributed by atoms with E-state index in [1.165, 1.54) is 51.1 Å². The smallest absolute Gasteiger partial charge is 0.0549 e. The monoisotopic (exact) mass is 264 g/mol. The first-order valence-electron chi connectivity index (χ1n) is 7.65. The Balaban J connectivity index is 2.00. The Morgan fingerprint density at radius 3 is 3.00 bits per heavy atom. The van der Waals surface area contributed by atoms with Crippen molar-refractivity contribution in [2.24, 2.45) is 13.0 Å². The van der Waals surface area contributed by atoms with Crippen LogP contribution in [0.1, 0.15) is 44.8 Å². The van der Waals surface area contributed by atoms with Crippen LogP contribution in [0.2, 0.25) is 0 Å². The highest BCUT2D eigenvalue weighted by molar-refractivity contribution is 5.05. The first-order valence-corrected chi connectivity index (χ1v) is 7.65. The van der Waals surface area contributed by atoms with Crippen molar-refractivity contribution in [2.45, 2.75) is 39.2 Å². The molecule has 0 saturated carbocycles. The van der Waals surface area contributed by atoms with E-state index in [9.17, 15) is 0 Å². The molecule has 2 rings (SSSR count). The highest BCUT2D eigenvalue weighted by Gasteiger charge is 2.22. The third-order valence-corrected chi connectivity index (χ3v) is 4.24. The average Bonchev–Trinajstić information content (AvgIpc) is 2.85. The molecule has 2 unspecified atom stereocenters. The first kappa shape index (κ1) is 14.5. The number of aromatic nitrogens is 2. The third-order valence-electron chi connectivity index (χ3n) is 4.24. The van der Waals surface area contributed by atoms with Crippen molar-refractivity contribution in [2.75, 3.05) is 26.2 Å². The van der Waals surface area contributed by atoms with Crippen LogP contribution < -0.4 is 5.32 Å². The van der Waals surface area contributed by atoms with Gasteiger partial charge in [0.1, 0.15) is 0 Å². The van der Waals surface area contributed by atoms with Crippen LogP contribution in [0.3, 0.4) is 0 Å². The minimum atomic E-state index is 0.453. The Morgan fingerprint density at radius 1 is 1.58 bits per heavy atom. The highest BCUT2D eigenvalue weighted by atomic mass is 15.3. The van der Waals surface area contributed by atoms with Gasteiger partial charge >= 0.3 is 0 Å². The summed E-state index contributed by atoms with van der Waals surface area (Å²) < 4.78 is 2.01. The lowest BCUT2D eigenvalue weighted by Crippen LogP contribution is -2.40. The summed E-state index contributed by atoms with van der Waals surface area (Å²) in [6.45, 7) is 9.32. The van der Waals surface area contributed by atoms with Crippen molar-refractivity contribution >= 4 is 0 Å². The van der Waals surface area contributed by atoms with Gasteiger partial charge in [-0.05, 0) is 57.8 Å². The third kappa shape index (κ3) is 3.80. The van der Waals surface area contributed by atoms with Crippen molar-refractivity contribution in [1.82, 2.24) is 20.0 Å². The quantitative estimate of drug-likeness (QED) is 0.855. The van der Waals surface area contributed by atoms with Gasteiger partial charge < -0.3 is 5.32 Å². The van der Waals surface area contributed by atoms with Crippen molar-refractivity contribution in [3.63, 3.8) is 0 Å². The average molecular weight is 264 g/mol. The number of hydrogen-bond acceptors (Lipinski definition) is 3. The van der Waals surface area contributed by atoms with Gasteiger partial charge in [-0.1, -0.05) is 6.92 Å². The zero-order chi connectivity index (χ0) is 13.7. The largest absolute Gasteiger partial charge is 0.316 e. The fourth-order valence-electron chi connectivity index (χ4n) is 3.12. The molecule has 0 aromatic carbocycles. The van der Waals surface area contributed by atoms with Crippen LogP contribution in [0.15, 0.2) is 12.3 Å². The van der Waals surface area contributed by atoms with Gasteiger partial charge in [-0.3, -0.25) is 9.58 Å². The number of rotatable bonds is 6. The fraction of sp³-hybridized carbons (Fsp3) is 0.800. The molecule has 4 nitrogen and oxygen atoms in total. The second kappa shape index (κ2) is 7.06. The fourth-order valence-corrected chi connectivity index (χ4v) is 3.12. The van der Waals surface area contributed by atoms with Gasteiger partial charge in [-0.15, -0.1) is 0 Å². The molecule has 0 aliphatic carbocycles. The summed E-state index contributed by atoms with van der Waals surface area (Å²) in [5, 5.41) is 7.83. The van der Waals surface area contributed by atoms with E-state index in [0.29, 0.717) is 6.04 Å². The van der Waals surface area contributed by atoms with E-state index < -0.39 is 0 Å². The van der Waals surface area contributed by atoms with E-state index >= 15 is 0 Å². The van der Waals surface area contributed by atoms with Crippen molar-refractivity contribution in [1.29, 1.82) is 0 Å². The van der Waals surface area contributed by atoms with Crippen molar-refractivity contribution < 1.29 is 0 Å². The Hall–Kier alpha value is -0.870. The molecule has 108 valence electrons. The lowest BCUT2D eigenvalue weighted by Gasteiger charge is -2.34. The molecule has 19 heavy (non-hydrogen) atoms. The maximum Gasteiger partial charge on any atom is 0.0549 e. The van der Waals surface area contributed by atoms with E-state index in [1.54, 1.807) is 0 Å². The van der Waals surface area contributed by atoms with Gasteiger partial charge in [0.25, 0.3) is 0 Å². The summed E-state index contributed by atoms with van der Waals surface area (Å²) in [4.78, 5) is 2.62. The molecule has 1 aromatic heterocycles. The molecule has 0 amide bonds. The number of aryl methyl sites for hydroxylation is 1. The van der Waals surface area contributed by atoms with Crippen LogP contribution in [0.25, 0.3) is 0 Å². The Bertz CT molecular complexity index is 368. The first-order chi connectivity index (χ1) is 9.22. The summed E-state index contributed by atoms with van der Waals surface area (Å²) in [6, 6.07) is 2.60. The number of nitrogens with zero attached hydrogens (tertiary/aromatic N) is 3. The number of nitrogens with one attached hydrogen (secondary N) is 1. The lowest BCUT2D eigenvalue weighted by molar-refractivity contribution is 0.158.